The number of carbonyl (C=O) groups excluding carboxylic acids is 1. The van der Waals surface area contributed by atoms with Crippen LogP contribution in [0.4, 0.5) is 13.2 Å². The van der Waals surface area contributed by atoms with E-state index in [2.05, 4.69) is 9.47 Å². The van der Waals surface area contributed by atoms with Crippen molar-refractivity contribution in [2.75, 3.05) is 26.6 Å². The van der Waals surface area contributed by atoms with E-state index in [4.69, 9.17) is 9.66 Å². The molecule has 0 radical (unpaired) electrons. The van der Waals surface area contributed by atoms with E-state index in [-0.39, 0.29) is 13.2 Å². The molecule has 0 aliphatic heterocycles. The van der Waals surface area contributed by atoms with Crippen LogP contribution in [0.5, 0.6) is 5.75 Å². The van der Waals surface area contributed by atoms with Gasteiger partial charge in [-0.2, -0.15) is 12.8 Å². The van der Waals surface area contributed by atoms with Crippen LogP contribution < -0.4 is 4.74 Å². The summed E-state index contributed by atoms with van der Waals surface area (Å²) in [6, 6.07) is 0.394. The van der Waals surface area contributed by atoms with Crippen molar-refractivity contribution in [3.63, 3.8) is 0 Å². The quantitative estimate of drug-likeness (QED) is 0.347. The zero-order valence-corrected chi connectivity index (χ0v) is 13.4. The van der Waals surface area contributed by atoms with Crippen molar-refractivity contribution in [3.05, 3.63) is 41.2 Å². The van der Waals surface area contributed by atoms with Crippen molar-refractivity contribution in [1.82, 2.24) is 0 Å². The lowest BCUT2D eigenvalue weighted by Gasteiger charge is -2.08. The maximum absolute atomic E-state index is 13.6. The lowest BCUT2D eigenvalue weighted by atomic mass is 10.2. The van der Waals surface area contributed by atoms with E-state index in [1.807, 2.05) is 0 Å². The van der Waals surface area contributed by atoms with Gasteiger partial charge in [-0.05, 0) is 12.1 Å². The summed E-state index contributed by atoms with van der Waals surface area (Å²) in [4.78, 5) is 11.5. The third-order valence-corrected chi connectivity index (χ3v) is 2.12. The van der Waals surface area contributed by atoms with Crippen LogP contribution in [0.1, 0.15) is 10.4 Å². The summed E-state index contributed by atoms with van der Waals surface area (Å²) in [5, 5.41) is 8.43. The first-order valence-electron chi connectivity index (χ1n) is 6.09. The predicted octanol–water partition coefficient (Wildman–Crippen LogP) is 1.32. The van der Waals surface area contributed by atoms with Crippen molar-refractivity contribution < 1.29 is 45.5 Å². The summed E-state index contributed by atoms with van der Waals surface area (Å²) in [5.41, 5.74) is -0.770. The molecule has 7 nitrogen and oxygen atoms in total. The molecule has 136 valence electrons. The van der Waals surface area contributed by atoms with Gasteiger partial charge in [-0.1, -0.05) is 6.08 Å². The first-order chi connectivity index (χ1) is 11.0. The maximum atomic E-state index is 13.6. The zero-order valence-electron chi connectivity index (χ0n) is 12.6. The second-order valence-corrected chi connectivity index (χ2v) is 5.52. The smallest absolute Gasteiger partial charge is 0.341 e. The second-order valence-electron chi connectivity index (χ2n) is 4.05. The van der Waals surface area contributed by atoms with Gasteiger partial charge in [0.15, 0.2) is 17.4 Å². The van der Waals surface area contributed by atoms with Crippen molar-refractivity contribution in [2.24, 2.45) is 0 Å². The second kappa shape index (κ2) is 9.90. The summed E-state index contributed by atoms with van der Waals surface area (Å²) >= 11 is 0. The van der Waals surface area contributed by atoms with E-state index in [1.165, 1.54) is 12.2 Å². The number of rotatable bonds is 5. The van der Waals surface area contributed by atoms with Crippen molar-refractivity contribution in [2.45, 2.75) is 0 Å². The molecule has 0 unspecified atom stereocenters. The van der Waals surface area contributed by atoms with Crippen LogP contribution in [-0.2, 0) is 14.9 Å². The standard InChI is InChI=1S/C12H11F3O4.CH4O3S/c1-18-11-9(14)7(6-8(13)10(11)15)12(17)19-5-3-2-4-16;1-5(2,3)4/h2-3,6,16H,4-5H2,1H3;1H3,(H,2,3,4). The molecule has 0 heterocycles. The summed E-state index contributed by atoms with van der Waals surface area (Å²) in [6.07, 6.45) is 3.33. The number of esters is 1. The summed E-state index contributed by atoms with van der Waals surface area (Å²) < 4.78 is 74.7. The molecule has 11 heteroatoms. The minimum atomic E-state index is -3.67. The Hall–Kier alpha value is -2.11. The number of halogens is 3. The van der Waals surface area contributed by atoms with E-state index >= 15 is 0 Å². The average molecular weight is 372 g/mol. The van der Waals surface area contributed by atoms with Crippen LogP contribution in [0.3, 0.4) is 0 Å². The number of hydrogen-bond acceptors (Lipinski definition) is 6. The van der Waals surface area contributed by atoms with E-state index < -0.39 is 44.9 Å². The number of ether oxygens (including phenoxy) is 2. The monoisotopic (exact) mass is 372 g/mol. The van der Waals surface area contributed by atoms with Crippen LogP contribution >= 0.6 is 0 Å². The highest BCUT2D eigenvalue weighted by atomic mass is 32.2. The van der Waals surface area contributed by atoms with Crippen LogP contribution in [-0.4, -0.2) is 50.6 Å². The molecular weight excluding hydrogens is 357 g/mol. The van der Waals surface area contributed by atoms with Gasteiger partial charge in [0.2, 0.25) is 5.82 Å². The number of hydrogen-bond donors (Lipinski definition) is 2. The van der Waals surface area contributed by atoms with Gasteiger partial charge in [-0.15, -0.1) is 0 Å². The largest absolute Gasteiger partial charge is 0.491 e. The van der Waals surface area contributed by atoms with E-state index in [1.54, 1.807) is 0 Å². The Balaban J connectivity index is 0.000000922. The molecule has 0 spiro atoms. The Bertz CT molecular complexity index is 694. The molecule has 0 fully saturated rings. The van der Waals surface area contributed by atoms with E-state index in [0.717, 1.165) is 7.11 Å². The predicted molar refractivity (Wildman–Crippen MR) is 76.8 cm³/mol. The molecule has 0 amide bonds. The molecule has 24 heavy (non-hydrogen) atoms. The van der Waals surface area contributed by atoms with Crippen molar-refractivity contribution in [1.29, 1.82) is 0 Å². The molecule has 0 aromatic heterocycles. The molecule has 1 aromatic rings. The molecule has 0 saturated carbocycles. The van der Waals surface area contributed by atoms with Crippen molar-refractivity contribution in [3.8, 4) is 5.75 Å². The molecular formula is C13H15F3O7S. The minimum Gasteiger partial charge on any atom is -0.491 e. The zero-order chi connectivity index (χ0) is 18.9. The highest BCUT2D eigenvalue weighted by Crippen LogP contribution is 2.27. The summed E-state index contributed by atoms with van der Waals surface area (Å²) in [5.74, 6) is -6.43. The summed E-state index contributed by atoms with van der Waals surface area (Å²) in [6.45, 7) is -0.481. The maximum Gasteiger partial charge on any atom is 0.341 e. The Morgan fingerprint density at radius 3 is 2.25 bits per heavy atom. The Morgan fingerprint density at radius 1 is 1.25 bits per heavy atom. The molecule has 1 aromatic carbocycles. The van der Waals surface area contributed by atoms with Crippen LogP contribution in [0.25, 0.3) is 0 Å². The fourth-order valence-corrected chi connectivity index (χ4v) is 1.25. The first-order valence-corrected chi connectivity index (χ1v) is 7.94. The van der Waals surface area contributed by atoms with E-state index in [9.17, 15) is 26.4 Å². The lowest BCUT2D eigenvalue weighted by Crippen LogP contribution is -2.11. The van der Waals surface area contributed by atoms with Gasteiger partial charge in [-0.3, -0.25) is 4.55 Å². The topological polar surface area (TPSA) is 110 Å². The van der Waals surface area contributed by atoms with E-state index in [0.29, 0.717) is 12.3 Å². The third kappa shape index (κ3) is 7.94. The number of benzene rings is 1. The number of aliphatic hydroxyl groups excluding tert-OH is 1. The molecule has 2 N–H and O–H groups in total. The highest BCUT2D eigenvalue weighted by Gasteiger charge is 2.24. The molecule has 0 aliphatic rings. The molecule has 0 atom stereocenters. The normalized spacial score (nSPS) is 11.0. The average Bonchev–Trinajstić information content (AvgIpc) is 2.46. The van der Waals surface area contributed by atoms with Gasteiger partial charge >= 0.3 is 5.97 Å². The molecule has 0 saturated heterocycles. The lowest BCUT2D eigenvalue weighted by molar-refractivity contribution is 0.0541. The third-order valence-electron chi connectivity index (χ3n) is 2.12. The van der Waals surface area contributed by atoms with Gasteiger partial charge < -0.3 is 14.6 Å². The van der Waals surface area contributed by atoms with Crippen LogP contribution in [0.15, 0.2) is 18.2 Å². The van der Waals surface area contributed by atoms with Gasteiger partial charge in [0.05, 0.1) is 20.0 Å². The highest BCUT2D eigenvalue weighted by molar-refractivity contribution is 7.85. The fourth-order valence-electron chi connectivity index (χ4n) is 1.25. The minimum absolute atomic E-state index is 0.236. The Morgan fingerprint density at radius 2 is 1.79 bits per heavy atom. The van der Waals surface area contributed by atoms with Gasteiger partial charge in [0.1, 0.15) is 12.2 Å². The number of carbonyl (C=O) groups is 1. The molecule has 1 rings (SSSR count). The van der Waals surface area contributed by atoms with Gasteiger partial charge in [0, 0.05) is 0 Å². The molecule has 0 bridgehead atoms. The Labute approximate surface area is 136 Å². The van der Waals surface area contributed by atoms with Gasteiger partial charge in [-0.25, -0.2) is 13.6 Å². The van der Waals surface area contributed by atoms with Crippen molar-refractivity contribution >= 4 is 16.1 Å². The SMILES string of the molecule is COc1c(F)c(F)cc(C(=O)OCC=CCO)c1F.CS(=O)(=O)O. The van der Waals surface area contributed by atoms with Crippen LogP contribution in [0, 0.1) is 17.5 Å². The Kier molecular flexibility index (Phi) is 9.03. The first kappa shape index (κ1) is 21.9. The molecule has 0 aliphatic carbocycles. The van der Waals surface area contributed by atoms with Gasteiger partial charge in [0.25, 0.3) is 10.1 Å². The fraction of sp³-hybridized carbons (Fsp3) is 0.308. The summed E-state index contributed by atoms with van der Waals surface area (Å²) in [7, 11) is -2.72. The van der Waals surface area contributed by atoms with Crippen LogP contribution in [0.2, 0.25) is 0 Å². The number of aliphatic hydroxyl groups is 1. The number of methoxy groups -OCH3 is 1.